The average Bonchev–Trinajstić information content (AvgIpc) is 2.43. The Morgan fingerprint density at radius 3 is 2.00 bits per heavy atom. The van der Waals surface area contributed by atoms with Crippen LogP contribution >= 0.6 is 0 Å². The lowest BCUT2D eigenvalue weighted by Crippen LogP contribution is -2.16. The second-order valence-electron chi connectivity index (χ2n) is 4.91. The van der Waals surface area contributed by atoms with E-state index < -0.39 is 0 Å². The monoisotopic (exact) mass is 264 g/mol. The van der Waals surface area contributed by atoms with E-state index in [1.165, 1.54) is 12.8 Å². The van der Waals surface area contributed by atoms with Gasteiger partial charge in [0.15, 0.2) is 0 Å². The second-order valence-corrected chi connectivity index (χ2v) is 4.91. The number of rotatable bonds is 8. The fourth-order valence-electron chi connectivity index (χ4n) is 2.05. The summed E-state index contributed by atoms with van der Waals surface area (Å²) in [7, 11) is 0. The van der Waals surface area contributed by atoms with Gasteiger partial charge < -0.3 is 10.6 Å². The minimum Gasteiger partial charge on any atom is -0.370 e. The molecule has 0 unspecified atom stereocenters. The van der Waals surface area contributed by atoms with E-state index >= 15 is 0 Å². The lowest BCUT2D eigenvalue weighted by Gasteiger charge is -2.17. The molecule has 2 N–H and O–H groups in total. The molecule has 0 fully saturated rings. The van der Waals surface area contributed by atoms with Gasteiger partial charge in [0, 0.05) is 25.1 Å². The fraction of sp³-hybridized carbons (Fsp3) is 0.733. The smallest absolute Gasteiger partial charge is 0.134 e. The number of nitrogens with one attached hydrogen (secondary N) is 2. The van der Waals surface area contributed by atoms with Crippen molar-refractivity contribution in [2.45, 2.75) is 53.9 Å². The number of nitrogens with zero attached hydrogens (tertiary/aromatic N) is 2. The van der Waals surface area contributed by atoms with Crippen LogP contribution in [0.2, 0.25) is 0 Å². The summed E-state index contributed by atoms with van der Waals surface area (Å²) >= 11 is 0. The van der Waals surface area contributed by atoms with Crippen LogP contribution in [-0.4, -0.2) is 23.1 Å². The standard InChI is InChI=1S/C15H28N4/c1-6-12(7-2)10-17-15-11(5)14(16-9-4)18-13(8-3)19-15/h12H,6-10H2,1-5H3,(H2,16,17,18,19). The first-order valence-electron chi connectivity index (χ1n) is 7.51. The van der Waals surface area contributed by atoms with Crippen molar-refractivity contribution in [2.75, 3.05) is 23.7 Å². The molecule has 1 heterocycles. The number of hydrogen-bond acceptors (Lipinski definition) is 4. The summed E-state index contributed by atoms with van der Waals surface area (Å²) < 4.78 is 0. The van der Waals surface area contributed by atoms with Crippen LogP contribution in [0.4, 0.5) is 11.6 Å². The van der Waals surface area contributed by atoms with Crippen molar-refractivity contribution in [3.05, 3.63) is 11.4 Å². The van der Waals surface area contributed by atoms with Crippen LogP contribution in [0.1, 0.15) is 51.9 Å². The number of anilines is 2. The molecule has 1 rings (SSSR count). The minimum atomic E-state index is 0.710. The molecule has 108 valence electrons. The van der Waals surface area contributed by atoms with E-state index in [1.807, 2.05) is 0 Å². The van der Waals surface area contributed by atoms with Gasteiger partial charge in [0.25, 0.3) is 0 Å². The van der Waals surface area contributed by atoms with Gasteiger partial charge in [0.1, 0.15) is 17.5 Å². The highest BCUT2D eigenvalue weighted by Crippen LogP contribution is 2.21. The number of aryl methyl sites for hydroxylation is 1. The molecule has 4 heteroatoms. The Morgan fingerprint density at radius 1 is 0.947 bits per heavy atom. The maximum Gasteiger partial charge on any atom is 0.134 e. The van der Waals surface area contributed by atoms with Gasteiger partial charge in [-0.25, -0.2) is 9.97 Å². The molecular weight excluding hydrogens is 236 g/mol. The van der Waals surface area contributed by atoms with Gasteiger partial charge >= 0.3 is 0 Å². The van der Waals surface area contributed by atoms with Gasteiger partial charge in [-0.3, -0.25) is 0 Å². The van der Waals surface area contributed by atoms with Crippen LogP contribution in [-0.2, 0) is 6.42 Å². The van der Waals surface area contributed by atoms with E-state index in [0.29, 0.717) is 5.92 Å². The minimum absolute atomic E-state index is 0.710. The fourth-order valence-corrected chi connectivity index (χ4v) is 2.05. The molecule has 0 aromatic carbocycles. The summed E-state index contributed by atoms with van der Waals surface area (Å²) in [6.07, 6.45) is 3.26. The first-order chi connectivity index (χ1) is 9.15. The van der Waals surface area contributed by atoms with Crippen molar-refractivity contribution >= 4 is 11.6 Å². The van der Waals surface area contributed by atoms with Crippen LogP contribution in [0.3, 0.4) is 0 Å². The zero-order chi connectivity index (χ0) is 14.3. The highest BCUT2D eigenvalue weighted by molar-refractivity contribution is 5.57. The van der Waals surface area contributed by atoms with Gasteiger partial charge in [-0.05, 0) is 19.8 Å². The van der Waals surface area contributed by atoms with Crippen LogP contribution in [0.5, 0.6) is 0 Å². The summed E-state index contributed by atoms with van der Waals surface area (Å²) in [6, 6.07) is 0. The van der Waals surface area contributed by atoms with E-state index in [0.717, 1.165) is 42.5 Å². The highest BCUT2D eigenvalue weighted by Gasteiger charge is 2.11. The molecule has 0 bridgehead atoms. The van der Waals surface area contributed by atoms with Gasteiger partial charge in [-0.2, -0.15) is 0 Å². The predicted molar refractivity (Wildman–Crippen MR) is 82.9 cm³/mol. The Hall–Kier alpha value is -1.32. The quantitative estimate of drug-likeness (QED) is 0.753. The van der Waals surface area contributed by atoms with Crippen molar-refractivity contribution in [1.82, 2.24) is 9.97 Å². The third kappa shape index (κ3) is 4.37. The molecule has 19 heavy (non-hydrogen) atoms. The van der Waals surface area contributed by atoms with Crippen LogP contribution in [0.25, 0.3) is 0 Å². The van der Waals surface area contributed by atoms with Crippen LogP contribution in [0.15, 0.2) is 0 Å². The molecule has 0 amide bonds. The van der Waals surface area contributed by atoms with E-state index in [4.69, 9.17) is 0 Å². The molecule has 0 spiro atoms. The molecule has 0 aliphatic carbocycles. The Morgan fingerprint density at radius 2 is 1.53 bits per heavy atom. The zero-order valence-corrected chi connectivity index (χ0v) is 13.0. The normalized spacial score (nSPS) is 10.8. The van der Waals surface area contributed by atoms with Crippen LogP contribution < -0.4 is 10.6 Å². The van der Waals surface area contributed by atoms with Crippen molar-refractivity contribution in [3.8, 4) is 0 Å². The van der Waals surface area contributed by atoms with Crippen molar-refractivity contribution in [2.24, 2.45) is 5.92 Å². The second kappa shape index (κ2) is 7.97. The van der Waals surface area contributed by atoms with Gasteiger partial charge in [0.05, 0.1) is 0 Å². The number of aromatic nitrogens is 2. The largest absolute Gasteiger partial charge is 0.370 e. The Bertz CT molecular complexity index is 386. The predicted octanol–water partition coefficient (Wildman–Crippen LogP) is 3.63. The summed E-state index contributed by atoms with van der Waals surface area (Å²) in [5, 5.41) is 6.81. The molecule has 0 aliphatic heterocycles. The van der Waals surface area contributed by atoms with Crippen molar-refractivity contribution < 1.29 is 0 Å². The summed E-state index contributed by atoms with van der Waals surface area (Å²) in [4.78, 5) is 9.16. The van der Waals surface area contributed by atoms with Gasteiger partial charge in [-0.15, -0.1) is 0 Å². The Labute approximate surface area is 117 Å². The first kappa shape index (κ1) is 15.7. The maximum atomic E-state index is 4.61. The molecule has 0 radical (unpaired) electrons. The third-order valence-corrected chi connectivity index (χ3v) is 3.57. The number of hydrogen-bond donors (Lipinski definition) is 2. The Balaban J connectivity index is 2.88. The van der Waals surface area contributed by atoms with Gasteiger partial charge in [-0.1, -0.05) is 33.6 Å². The molecule has 0 aliphatic rings. The van der Waals surface area contributed by atoms with Crippen molar-refractivity contribution in [1.29, 1.82) is 0 Å². The van der Waals surface area contributed by atoms with Crippen LogP contribution in [0, 0.1) is 12.8 Å². The molecule has 1 aromatic heterocycles. The summed E-state index contributed by atoms with van der Waals surface area (Å²) in [6.45, 7) is 12.6. The lowest BCUT2D eigenvalue weighted by molar-refractivity contribution is 0.518. The maximum absolute atomic E-state index is 4.61. The highest BCUT2D eigenvalue weighted by atomic mass is 15.1. The van der Waals surface area contributed by atoms with E-state index in [2.05, 4.69) is 55.2 Å². The van der Waals surface area contributed by atoms with E-state index in [-0.39, 0.29) is 0 Å². The van der Waals surface area contributed by atoms with E-state index in [9.17, 15) is 0 Å². The molecular formula is C15H28N4. The summed E-state index contributed by atoms with van der Waals surface area (Å²) in [5.74, 6) is 3.55. The Kier molecular flexibility index (Phi) is 6.60. The topological polar surface area (TPSA) is 49.8 Å². The van der Waals surface area contributed by atoms with E-state index in [1.54, 1.807) is 0 Å². The van der Waals surface area contributed by atoms with Gasteiger partial charge in [0.2, 0.25) is 0 Å². The SMILES string of the molecule is CCNc1nc(CC)nc(NCC(CC)CC)c1C. The first-order valence-corrected chi connectivity index (χ1v) is 7.51. The third-order valence-electron chi connectivity index (χ3n) is 3.57. The molecule has 0 atom stereocenters. The molecule has 0 saturated carbocycles. The average molecular weight is 264 g/mol. The summed E-state index contributed by atoms with van der Waals surface area (Å²) in [5.41, 5.74) is 1.12. The van der Waals surface area contributed by atoms with Crippen molar-refractivity contribution in [3.63, 3.8) is 0 Å². The lowest BCUT2D eigenvalue weighted by atomic mass is 10.0. The molecule has 1 aromatic rings. The molecule has 0 saturated heterocycles. The zero-order valence-electron chi connectivity index (χ0n) is 13.0. The molecule has 4 nitrogen and oxygen atoms in total.